The van der Waals surface area contributed by atoms with Crippen molar-refractivity contribution in [2.75, 3.05) is 43.9 Å². The van der Waals surface area contributed by atoms with Crippen LogP contribution in [0.2, 0.25) is 0 Å². The number of aromatic nitrogens is 4. The quantitative estimate of drug-likeness (QED) is 0.846. The molecule has 1 aliphatic rings. The van der Waals surface area contributed by atoms with Crippen LogP contribution in [-0.4, -0.2) is 64.3 Å². The van der Waals surface area contributed by atoms with Crippen molar-refractivity contribution in [2.24, 2.45) is 5.92 Å². The molecule has 1 fully saturated rings. The summed E-state index contributed by atoms with van der Waals surface area (Å²) in [5.41, 5.74) is 0. The van der Waals surface area contributed by atoms with E-state index in [1.165, 1.54) is 0 Å². The van der Waals surface area contributed by atoms with E-state index in [0.717, 1.165) is 44.8 Å². The van der Waals surface area contributed by atoms with Crippen LogP contribution in [0.3, 0.4) is 0 Å². The first kappa shape index (κ1) is 17.3. The zero-order valence-electron chi connectivity index (χ0n) is 14.8. The van der Waals surface area contributed by atoms with Gasteiger partial charge in [0.15, 0.2) is 5.82 Å². The van der Waals surface area contributed by atoms with Gasteiger partial charge < -0.3 is 15.1 Å². The summed E-state index contributed by atoms with van der Waals surface area (Å²) in [6.07, 6.45) is 8.65. The number of likely N-dealkylation sites (N-methyl/N-ethyl adjacent to an activating group) is 1. The van der Waals surface area contributed by atoms with E-state index < -0.39 is 0 Å². The monoisotopic (exact) mass is 343 g/mol. The summed E-state index contributed by atoms with van der Waals surface area (Å²) < 4.78 is 1.85. The van der Waals surface area contributed by atoms with Gasteiger partial charge in [-0.1, -0.05) is 0 Å². The van der Waals surface area contributed by atoms with Crippen LogP contribution in [0, 0.1) is 5.92 Å². The van der Waals surface area contributed by atoms with Crippen LogP contribution in [-0.2, 0) is 11.3 Å². The maximum Gasteiger partial charge on any atom is 0.228 e. The highest BCUT2D eigenvalue weighted by Crippen LogP contribution is 2.22. The van der Waals surface area contributed by atoms with Gasteiger partial charge in [-0.25, -0.2) is 4.98 Å². The molecule has 134 valence electrons. The molecule has 8 heteroatoms. The number of nitrogens with zero attached hydrogens (tertiary/aromatic N) is 6. The van der Waals surface area contributed by atoms with Crippen LogP contribution in [0.25, 0.3) is 0 Å². The molecule has 3 heterocycles. The number of nitrogens with one attached hydrogen (secondary N) is 1. The van der Waals surface area contributed by atoms with Gasteiger partial charge >= 0.3 is 0 Å². The molecule has 1 amide bonds. The largest absolute Gasteiger partial charge is 0.355 e. The van der Waals surface area contributed by atoms with Crippen molar-refractivity contribution in [2.45, 2.75) is 19.4 Å². The molecule has 0 atom stereocenters. The van der Waals surface area contributed by atoms with Crippen molar-refractivity contribution < 1.29 is 4.79 Å². The average Bonchev–Trinajstić information content (AvgIpc) is 3.08. The number of hydrogen-bond donors (Lipinski definition) is 1. The van der Waals surface area contributed by atoms with Gasteiger partial charge in [0.05, 0.1) is 12.7 Å². The molecular formula is C17H25N7O. The Kier molecular flexibility index (Phi) is 5.60. The van der Waals surface area contributed by atoms with Crippen LogP contribution in [0.15, 0.2) is 30.9 Å². The highest BCUT2D eigenvalue weighted by molar-refractivity contribution is 5.91. The van der Waals surface area contributed by atoms with Crippen molar-refractivity contribution in [1.29, 1.82) is 0 Å². The van der Waals surface area contributed by atoms with E-state index in [4.69, 9.17) is 0 Å². The summed E-state index contributed by atoms with van der Waals surface area (Å²) in [5, 5.41) is 7.35. The van der Waals surface area contributed by atoms with Crippen molar-refractivity contribution in [3.8, 4) is 0 Å². The SMILES string of the molecule is CN(C)CCn1ccc(NC(=O)C2CCN(c3cnccn3)CC2)n1. The van der Waals surface area contributed by atoms with E-state index in [1.807, 2.05) is 31.0 Å². The molecule has 3 rings (SSSR count). The molecule has 0 unspecified atom stereocenters. The van der Waals surface area contributed by atoms with Gasteiger partial charge in [0.1, 0.15) is 5.82 Å². The number of anilines is 2. The van der Waals surface area contributed by atoms with E-state index >= 15 is 0 Å². The first-order chi connectivity index (χ1) is 12.1. The maximum absolute atomic E-state index is 12.5. The van der Waals surface area contributed by atoms with E-state index in [0.29, 0.717) is 5.82 Å². The van der Waals surface area contributed by atoms with E-state index in [2.05, 4.69) is 30.2 Å². The second-order valence-electron chi connectivity index (χ2n) is 6.58. The molecule has 0 radical (unpaired) electrons. The fourth-order valence-corrected chi connectivity index (χ4v) is 2.91. The minimum atomic E-state index is 0.0137. The van der Waals surface area contributed by atoms with Gasteiger partial charge in [0.2, 0.25) is 5.91 Å². The lowest BCUT2D eigenvalue weighted by Gasteiger charge is -2.31. The van der Waals surface area contributed by atoms with Crippen molar-refractivity contribution in [3.05, 3.63) is 30.9 Å². The fourth-order valence-electron chi connectivity index (χ4n) is 2.91. The number of amides is 1. The third-order valence-corrected chi connectivity index (χ3v) is 4.41. The number of carbonyl (C=O) groups excluding carboxylic acids is 1. The number of hydrogen-bond acceptors (Lipinski definition) is 6. The molecule has 0 aliphatic carbocycles. The van der Waals surface area contributed by atoms with Crippen LogP contribution in [0.1, 0.15) is 12.8 Å². The molecule has 1 saturated heterocycles. The lowest BCUT2D eigenvalue weighted by molar-refractivity contribution is -0.120. The topological polar surface area (TPSA) is 79.2 Å². The van der Waals surface area contributed by atoms with Crippen molar-refractivity contribution in [3.63, 3.8) is 0 Å². The number of rotatable bonds is 6. The molecule has 0 saturated carbocycles. The molecular weight excluding hydrogens is 318 g/mol. The van der Waals surface area contributed by atoms with E-state index in [1.54, 1.807) is 18.6 Å². The molecule has 2 aromatic rings. The number of carbonyl (C=O) groups is 1. The van der Waals surface area contributed by atoms with Gasteiger partial charge in [-0.3, -0.25) is 14.5 Å². The highest BCUT2D eigenvalue weighted by atomic mass is 16.2. The average molecular weight is 343 g/mol. The smallest absolute Gasteiger partial charge is 0.228 e. The van der Waals surface area contributed by atoms with Crippen LogP contribution in [0.4, 0.5) is 11.6 Å². The Balaban J connectivity index is 1.48. The lowest BCUT2D eigenvalue weighted by atomic mass is 9.96. The summed E-state index contributed by atoms with van der Waals surface area (Å²) in [6.45, 7) is 3.34. The second kappa shape index (κ2) is 8.06. The standard InChI is InChI=1S/C17H25N7O/c1-22(2)11-12-24-10-5-15(21-24)20-17(25)14-3-8-23(9-4-14)16-13-18-6-7-19-16/h5-7,10,13-14H,3-4,8-9,11-12H2,1-2H3,(H,20,21,25). The minimum Gasteiger partial charge on any atom is -0.355 e. The predicted molar refractivity (Wildman–Crippen MR) is 96.4 cm³/mol. The zero-order valence-corrected chi connectivity index (χ0v) is 14.8. The Morgan fingerprint density at radius 2 is 2.12 bits per heavy atom. The second-order valence-corrected chi connectivity index (χ2v) is 6.58. The molecule has 0 bridgehead atoms. The Morgan fingerprint density at radius 3 is 2.80 bits per heavy atom. The first-order valence-electron chi connectivity index (χ1n) is 8.62. The Labute approximate surface area is 147 Å². The van der Waals surface area contributed by atoms with Crippen LogP contribution in [0.5, 0.6) is 0 Å². The molecule has 8 nitrogen and oxygen atoms in total. The highest BCUT2D eigenvalue weighted by Gasteiger charge is 2.26. The van der Waals surface area contributed by atoms with Gasteiger partial charge in [-0.2, -0.15) is 5.10 Å². The van der Waals surface area contributed by atoms with Crippen LogP contribution >= 0.6 is 0 Å². The molecule has 0 spiro atoms. The Morgan fingerprint density at radius 1 is 1.32 bits per heavy atom. The zero-order chi connectivity index (χ0) is 17.6. The molecule has 2 aromatic heterocycles. The van der Waals surface area contributed by atoms with Gasteiger partial charge in [-0.05, 0) is 26.9 Å². The van der Waals surface area contributed by atoms with Crippen LogP contribution < -0.4 is 10.2 Å². The fraction of sp³-hybridized carbons (Fsp3) is 0.529. The van der Waals surface area contributed by atoms with Gasteiger partial charge in [0, 0.05) is 50.2 Å². The minimum absolute atomic E-state index is 0.0137. The van der Waals surface area contributed by atoms with Crippen molar-refractivity contribution in [1.82, 2.24) is 24.6 Å². The summed E-state index contributed by atoms with van der Waals surface area (Å²) in [7, 11) is 4.05. The third kappa shape index (κ3) is 4.76. The summed E-state index contributed by atoms with van der Waals surface area (Å²) in [4.78, 5) is 25.2. The van der Waals surface area contributed by atoms with Gasteiger partial charge in [0.25, 0.3) is 0 Å². The summed E-state index contributed by atoms with van der Waals surface area (Å²) in [5.74, 6) is 1.57. The van der Waals surface area contributed by atoms with Gasteiger partial charge in [-0.15, -0.1) is 0 Å². The van der Waals surface area contributed by atoms with E-state index in [9.17, 15) is 4.79 Å². The summed E-state index contributed by atoms with van der Waals surface area (Å²) in [6, 6.07) is 1.85. The number of piperidine rings is 1. The Hall–Kier alpha value is -2.48. The Bertz CT molecular complexity index is 677. The lowest BCUT2D eigenvalue weighted by Crippen LogP contribution is -2.38. The summed E-state index contributed by atoms with van der Waals surface area (Å²) >= 11 is 0. The molecule has 1 N–H and O–H groups in total. The molecule has 1 aliphatic heterocycles. The van der Waals surface area contributed by atoms with Crippen molar-refractivity contribution >= 4 is 17.5 Å². The molecule has 0 aromatic carbocycles. The third-order valence-electron chi connectivity index (χ3n) is 4.41. The normalized spacial score (nSPS) is 15.6. The maximum atomic E-state index is 12.5. The molecule has 25 heavy (non-hydrogen) atoms. The predicted octanol–water partition coefficient (Wildman–Crippen LogP) is 1.09. The van der Waals surface area contributed by atoms with E-state index in [-0.39, 0.29) is 11.8 Å². The first-order valence-corrected chi connectivity index (χ1v) is 8.62.